The normalized spacial score (nSPS) is 18.8. The first kappa shape index (κ1) is 29.0. The second kappa shape index (κ2) is 12.5. The van der Waals surface area contributed by atoms with E-state index in [9.17, 15) is 27.2 Å². The lowest BCUT2D eigenvalue weighted by atomic mass is 10.0. The number of methoxy groups -OCH3 is 1. The van der Waals surface area contributed by atoms with Crippen LogP contribution in [0.1, 0.15) is 13.3 Å². The summed E-state index contributed by atoms with van der Waals surface area (Å²) >= 11 is 0. The number of hydrogen-bond acceptors (Lipinski definition) is 7. The van der Waals surface area contributed by atoms with Crippen molar-refractivity contribution in [2.24, 2.45) is 0 Å². The van der Waals surface area contributed by atoms with Gasteiger partial charge >= 0.3 is 6.18 Å². The molecule has 2 atom stereocenters. The van der Waals surface area contributed by atoms with E-state index >= 15 is 0 Å². The van der Waals surface area contributed by atoms with Crippen LogP contribution in [0, 0.1) is 5.82 Å². The van der Waals surface area contributed by atoms with Gasteiger partial charge in [-0.15, -0.1) is 0 Å². The lowest BCUT2D eigenvalue weighted by Crippen LogP contribution is -2.54. The molecule has 0 radical (unpaired) electrons. The summed E-state index contributed by atoms with van der Waals surface area (Å²) in [7, 11) is 1.29. The number of aromatic nitrogens is 1. The van der Waals surface area contributed by atoms with Gasteiger partial charge in [-0.05, 0) is 55.0 Å². The van der Waals surface area contributed by atoms with Crippen molar-refractivity contribution in [3.63, 3.8) is 0 Å². The Balaban J connectivity index is 1.28. The van der Waals surface area contributed by atoms with Crippen molar-refractivity contribution in [1.29, 1.82) is 0 Å². The predicted octanol–water partition coefficient (Wildman–Crippen LogP) is 3.82. The molecule has 9 nitrogen and oxygen atoms in total. The van der Waals surface area contributed by atoms with E-state index in [0.29, 0.717) is 43.5 Å². The molecule has 2 amide bonds. The van der Waals surface area contributed by atoms with Crippen molar-refractivity contribution >= 4 is 17.6 Å². The Bertz CT molecular complexity index is 1260. The highest BCUT2D eigenvalue weighted by molar-refractivity contribution is 5.97. The summed E-state index contributed by atoms with van der Waals surface area (Å²) in [6.45, 7) is 3.15. The fourth-order valence-electron chi connectivity index (χ4n) is 4.35. The van der Waals surface area contributed by atoms with Gasteiger partial charge in [-0.25, -0.2) is 9.37 Å². The number of carbonyl (C=O) groups excluding carboxylic acids is 2. The summed E-state index contributed by atoms with van der Waals surface area (Å²) in [5.74, 6) is 0.124. The number of nitrogens with one attached hydrogen (secondary N) is 2. The Labute approximate surface area is 228 Å². The molecular weight excluding hydrogens is 534 g/mol. The van der Waals surface area contributed by atoms with Gasteiger partial charge in [0.25, 0.3) is 5.91 Å². The Morgan fingerprint density at radius 2 is 1.77 bits per heavy atom. The Morgan fingerprint density at radius 3 is 2.38 bits per heavy atom. The van der Waals surface area contributed by atoms with Gasteiger partial charge in [0, 0.05) is 39.5 Å². The summed E-state index contributed by atoms with van der Waals surface area (Å²) < 4.78 is 62.6. The van der Waals surface area contributed by atoms with E-state index in [0.717, 1.165) is 0 Å². The average Bonchev–Trinajstić information content (AvgIpc) is 2.93. The molecule has 0 spiro atoms. The quantitative estimate of drug-likeness (QED) is 0.472. The van der Waals surface area contributed by atoms with Gasteiger partial charge in [-0.1, -0.05) is 0 Å². The molecule has 2 aliphatic rings. The molecule has 1 aromatic carbocycles. The van der Waals surface area contributed by atoms with Crippen LogP contribution in [0.4, 0.5) is 23.4 Å². The van der Waals surface area contributed by atoms with Crippen LogP contribution >= 0.6 is 0 Å². The summed E-state index contributed by atoms with van der Waals surface area (Å²) in [4.78, 5) is 33.5. The number of anilines is 1. The maximum absolute atomic E-state index is 13.0. The van der Waals surface area contributed by atoms with Crippen LogP contribution in [-0.2, 0) is 14.3 Å². The minimum atomic E-state index is -4.44. The zero-order valence-corrected chi connectivity index (χ0v) is 21.9. The fraction of sp³-hybridized carbons (Fsp3) is 0.370. The van der Waals surface area contributed by atoms with Gasteiger partial charge in [0.2, 0.25) is 5.91 Å². The summed E-state index contributed by atoms with van der Waals surface area (Å²) in [5, 5.41) is 5.45. The van der Waals surface area contributed by atoms with Crippen molar-refractivity contribution < 1.29 is 36.6 Å². The molecule has 0 bridgehead atoms. The monoisotopic (exact) mass is 563 g/mol. The molecule has 4 rings (SSSR count). The van der Waals surface area contributed by atoms with Crippen molar-refractivity contribution in [1.82, 2.24) is 20.1 Å². The molecule has 13 heteroatoms. The summed E-state index contributed by atoms with van der Waals surface area (Å²) in [6.07, 6.45) is -2.56. The molecule has 0 aliphatic carbocycles. The van der Waals surface area contributed by atoms with Crippen LogP contribution in [0.25, 0.3) is 0 Å². The van der Waals surface area contributed by atoms with Gasteiger partial charge < -0.3 is 25.0 Å². The molecule has 3 heterocycles. The van der Waals surface area contributed by atoms with E-state index in [1.54, 1.807) is 24.0 Å². The Hall–Kier alpha value is -3.97. The molecule has 2 aliphatic heterocycles. The minimum Gasteiger partial charge on any atom is -0.456 e. The first-order chi connectivity index (χ1) is 19.0. The number of pyridine rings is 1. The van der Waals surface area contributed by atoms with Crippen molar-refractivity contribution in [2.75, 3.05) is 38.6 Å². The molecular formula is C27H29F4N5O4. The first-order valence-electron chi connectivity index (χ1n) is 12.5. The van der Waals surface area contributed by atoms with Gasteiger partial charge in [0.05, 0.1) is 24.2 Å². The number of rotatable bonds is 8. The van der Waals surface area contributed by atoms with E-state index in [4.69, 9.17) is 9.47 Å². The molecule has 2 N–H and O–H groups in total. The van der Waals surface area contributed by atoms with Crippen LogP contribution in [0.2, 0.25) is 0 Å². The number of halogens is 4. The third-order valence-corrected chi connectivity index (χ3v) is 6.52. The van der Waals surface area contributed by atoms with E-state index in [2.05, 4.69) is 15.6 Å². The van der Waals surface area contributed by atoms with E-state index in [1.165, 1.54) is 49.8 Å². The van der Waals surface area contributed by atoms with Crippen molar-refractivity contribution in [3.8, 4) is 11.5 Å². The zero-order chi connectivity index (χ0) is 28.9. The maximum atomic E-state index is 13.0. The standard InChI is InChI=1S/C27H29F4N5O4/c1-17(24(37)34-23-8-7-22(16-32-23)40-21-5-3-20(28)4-6-21)35-9-11-36(12-10-35)26(38)19-13-18(14-27(29,30)31)25(39-2)33-15-19/h3-8,13,15-17,25,33H,9-12,14H2,1-2H3,(H,32,34,37). The lowest BCUT2D eigenvalue weighted by Gasteiger charge is -2.38. The van der Waals surface area contributed by atoms with E-state index < -0.39 is 30.8 Å². The highest BCUT2D eigenvalue weighted by Gasteiger charge is 2.35. The topological polar surface area (TPSA) is 96.0 Å². The summed E-state index contributed by atoms with van der Waals surface area (Å²) in [6, 6.07) is 8.22. The number of hydrogen-bond donors (Lipinski definition) is 2. The number of carbonyl (C=O) groups is 2. The van der Waals surface area contributed by atoms with E-state index in [1.807, 2.05) is 4.90 Å². The average molecular weight is 564 g/mol. The minimum absolute atomic E-state index is 0.0755. The highest BCUT2D eigenvalue weighted by Crippen LogP contribution is 2.29. The van der Waals surface area contributed by atoms with Crippen LogP contribution in [0.15, 0.2) is 66.0 Å². The molecule has 0 saturated carbocycles. The van der Waals surface area contributed by atoms with E-state index in [-0.39, 0.29) is 22.9 Å². The zero-order valence-electron chi connectivity index (χ0n) is 21.9. The van der Waals surface area contributed by atoms with Crippen LogP contribution < -0.4 is 15.4 Å². The molecule has 1 fully saturated rings. The molecule has 2 aromatic rings. The van der Waals surface area contributed by atoms with Crippen molar-refractivity contribution in [3.05, 3.63) is 71.8 Å². The number of piperazine rings is 1. The number of nitrogens with zero attached hydrogens (tertiary/aromatic N) is 3. The Morgan fingerprint density at radius 1 is 1.10 bits per heavy atom. The SMILES string of the molecule is COC1NC=C(C(=O)N2CCN(C(C)C(=O)Nc3ccc(Oc4ccc(F)cc4)cn3)CC2)C=C1CC(F)(F)F. The predicted molar refractivity (Wildman–Crippen MR) is 138 cm³/mol. The Kier molecular flexibility index (Phi) is 9.05. The molecule has 2 unspecified atom stereocenters. The number of amides is 2. The van der Waals surface area contributed by atoms with Gasteiger partial charge in [-0.2, -0.15) is 13.2 Å². The van der Waals surface area contributed by atoms with Crippen molar-refractivity contribution in [2.45, 2.75) is 31.8 Å². The third-order valence-electron chi connectivity index (χ3n) is 6.52. The number of dihydropyridines is 1. The van der Waals surface area contributed by atoms with Gasteiger partial charge in [0.15, 0.2) is 0 Å². The number of ether oxygens (including phenoxy) is 2. The number of alkyl halides is 3. The van der Waals surface area contributed by atoms with Gasteiger partial charge in [0.1, 0.15) is 29.4 Å². The molecule has 1 aromatic heterocycles. The molecule has 214 valence electrons. The lowest BCUT2D eigenvalue weighted by molar-refractivity contribution is -0.132. The molecule has 1 saturated heterocycles. The fourth-order valence-corrected chi connectivity index (χ4v) is 4.35. The first-order valence-corrected chi connectivity index (χ1v) is 12.5. The molecule has 40 heavy (non-hydrogen) atoms. The third kappa shape index (κ3) is 7.57. The smallest absolute Gasteiger partial charge is 0.392 e. The second-order valence-electron chi connectivity index (χ2n) is 9.32. The number of benzene rings is 1. The highest BCUT2D eigenvalue weighted by atomic mass is 19.4. The largest absolute Gasteiger partial charge is 0.456 e. The maximum Gasteiger partial charge on any atom is 0.392 e. The van der Waals surface area contributed by atoms with Crippen LogP contribution in [-0.4, -0.2) is 78.3 Å². The summed E-state index contributed by atoms with van der Waals surface area (Å²) in [5.41, 5.74) is 0.0400. The second-order valence-corrected chi connectivity index (χ2v) is 9.32. The van der Waals surface area contributed by atoms with Crippen LogP contribution in [0.5, 0.6) is 11.5 Å². The van der Waals surface area contributed by atoms with Gasteiger partial charge in [-0.3, -0.25) is 14.5 Å². The van der Waals surface area contributed by atoms with Crippen LogP contribution in [0.3, 0.4) is 0 Å².